The van der Waals surface area contributed by atoms with Crippen LogP contribution in [0.25, 0.3) is 0 Å². The molecule has 0 bridgehead atoms. The molecule has 30 heavy (non-hydrogen) atoms. The van der Waals surface area contributed by atoms with Gasteiger partial charge in [-0.3, -0.25) is 0 Å². The number of unbranched alkanes of at least 4 members (excludes halogenated alkanes) is 5. The maximum Gasteiger partial charge on any atom is 0.746 e. The molecule has 0 fully saturated rings. The summed E-state index contributed by atoms with van der Waals surface area (Å²) in [7, 11) is -2.73. The van der Waals surface area contributed by atoms with E-state index in [0.29, 0.717) is 6.42 Å². The molecule has 1 aromatic rings. The van der Waals surface area contributed by atoms with Crippen LogP contribution in [-0.4, -0.2) is 22.6 Å². The van der Waals surface area contributed by atoms with Crippen LogP contribution in [0.4, 0.5) is 4.79 Å². The van der Waals surface area contributed by atoms with E-state index in [1.165, 1.54) is 50.2 Å². The molecular weight excluding hydrogens is 401 g/mol. The molecule has 1 aromatic carbocycles. The summed E-state index contributed by atoms with van der Waals surface area (Å²) in [6, 6.07) is 7.92. The predicted molar refractivity (Wildman–Crippen MR) is 120 cm³/mol. The van der Waals surface area contributed by atoms with Crippen LogP contribution in [0.3, 0.4) is 0 Å². The lowest BCUT2D eigenvalue weighted by atomic mass is 10.0. The van der Waals surface area contributed by atoms with Gasteiger partial charge in [0.15, 0.2) is 6.26 Å². The Morgan fingerprint density at radius 2 is 1.70 bits per heavy atom. The van der Waals surface area contributed by atoms with E-state index >= 15 is 0 Å². The molecule has 0 saturated carbocycles. The molecule has 0 heterocycles. The Balaban J connectivity index is 2.61. The van der Waals surface area contributed by atoms with Crippen LogP contribution in [0.5, 0.6) is 0 Å². The smallest absolute Gasteiger partial charge is 0.444 e. The number of hydrogen-bond donors (Lipinski definition) is 2. The fourth-order valence-corrected chi connectivity index (χ4v) is 3.19. The zero-order chi connectivity index (χ0) is 22.4. The first-order valence-corrected chi connectivity index (χ1v) is 11.9. The highest BCUT2D eigenvalue weighted by molar-refractivity contribution is 7.32. The quantitative estimate of drug-likeness (QED) is 0.217. The second-order valence-corrected chi connectivity index (χ2v) is 9.15. The molecule has 1 rings (SSSR count). The Hall–Kier alpha value is -1.91. The van der Waals surface area contributed by atoms with Crippen LogP contribution in [-0.2, 0) is 26.7 Å². The Kier molecular flexibility index (Phi) is 12.3. The van der Waals surface area contributed by atoms with Crippen molar-refractivity contribution in [3.63, 3.8) is 0 Å². The number of rotatable bonds is 13. The number of hydrogen-bond acceptors (Lipinski definition) is 4. The minimum Gasteiger partial charge on any atom is -0.444 e. The SMILES string of the molecule is CCCCCCCCc1ccc(CC(/C=C/O[P+](=O)O)NC(=O)OC(C)(C)C)cc1. The summed E-state index contributed by atoms with van der Waals surface area (Å²) in [5.74, 6) is 0. The van der Waals surface area contributed by atoms with E-state index < -0.39 is 26.0 Å². The molecule has 6 nitrogen and oxygen atoms in total. The lowest BCUT2D eigenvalue weighted by Crippen LogP contribution is -2.39. The second-order valence-electron chi connectivity index (χ2n) is 8.46. The first-order valence-electron chi connectivity index (χ1n) is 10.8. The summed E-state index contributed by atoms with van der Waals surface area (Å²) in [6.45, 7) is 7.60. The van der Waals surface area contributed by atoms with Gasteiger partial charge in [-0.2, -0.15) is 0 Å². The number of alkyl carbamates (subject to hydrolysis) is 1. The maximum absolute atomic E-state index is 12.1. The average molecular weight is 439 g/mol. The molecule has 1 amide bonds. The molecule has 0 saturated heterocycles. The van der Waals surface area contributed by atoms with Gasteiger partial charge in [0.2, 0.25) is 0 Å². The molecule has 0 aliphatic carbocycles. The van der Waals surface area contributed by atoms with Gasteiger partial charge >= 0.3 is 14.3 Å². The van der Waals surface area contributed by atoms with E-state index in [1.54, 1.807) is 20.8 Å². The molecule has 0 spiro atoms. The maximum atomic E-state index is 12.1. The van der Waals surface area contributed by atoms with Crippen molar-refractivity contribution in [2.45, 2.75) is 90.7 Å². The third-order valence-corrected chi connectivity index (χ3v) is 4.76. The van der Waals surface area contributed by atoms with Crippen LogP contribution in [0, 0.1) is 0 Å². The average Bonchev–Trinajstić information content (AvgIpc) is 2.64. The lowest BCUT2D eigenvalue weighted by Gasteiger charge is -2.22. The Bertz CT molecular complexity index is 667. The summed E-state index contributed by atoms with van der Waals surface area (Å²) in [6.07, 6.45) is 11.4. The number of benzene rings is 1. The third kappa shape index (κ3) is 13.3. The van der Waals surface area contributed by atoms with Gasteiger partial charge in [0.1, 0.15) is 5.60 Å². The number of nitrogens with one attached hydrogen (secondary N) is 1. The van der Waals surface area contributed by atoms with Crippen LogP contribution < -0.4 is 5.32 Å². The van der Waals surface area contributed by atoms with Crippen LogP contribution in [0.15, 0.2) is 36.6 Å². The number of amides is 1. The van der Waals surface area contributed by atoms with E-state index in [-0.39, 0.29) is 0 Å². The normalized spacial score (nSPS) is 13.2. The van der Waals surface area contributed by atoms with E-state index in [9.17, 15) is 9.36 Å². The first-order chi connectivity index (χ1) is 14.2. The zero-order valence-corrected chi connectivity index (χ0v) is 19.6. The van der Waals surface area contributed by atoms with Crippen molar-refractivity contribution in [2.75, 3.05) is 0 Å². The van der Waals surface area contributed by atoms with Crippen molar-refractivity contribution >= 4 is 14.3 Å². The second kappa shape index (κ2) is 14.2. The summed E-state index contributed by atoms with van der Waals surface area (Å²) >= 11 is 0. The zero-order valence-electron chi connectivity index (χ0n) is 18.7. The van der Waals surface area contributed by atoms with E-state index in [1.807, 2.05) is 0 Å². The molecule has 0 aliphatic heterocycles. The van der Waals surface area contributed by atoms with Crippen molar-refractivity contribution in [1.82, 2.24) is 5.32 Å². The Labute approximate surface area is 182 Å². The topological polar surface area (TPSA) is 84.9 Å². The summed E-state index contributed by atoms with van der Waals surface area (Å²) < 4.78 is 20.6. The first kappa shape index (κ1) is 26.1. The van der Waals surface area contributed by atoms with Crippen LogP contribution >= 0.6 is 8.25 Å². The number of carbonyl (C=O) groups excluding carboxylic acids is 1. The predicted octanol–water partition coefficient (Wildman–Crippen LogP) is 6.21. The highest BCUT2D eigenvalue weighted by atomic mass is 31.1. The molecule has 2 N–H and O–H groups in total. The summed E-state index contributed by atoms with van der Waals surface area (Å²) in [4.78, 5) is 20.9. The van der Waals surface area contributed by atoms with Crippen LogP contribution in [0.1, 0.15) is 77.3 Å². The van der Waals surface area contributed by atoms with E-state index in [0.717, 1.165) is 18.2 Å². The fraction of sp³-hybridized carbons (Fsp3) is 0.609. The minimum atomic E-state index is -2.73. The number of carbonyl (C=O) groups is 1. The van der Waals surface area contributed by atoms with Crippen molar-refractivity contribution in [3.8, 4) is 0 Å². The standard InChI is InChI=1S/C23H36NO5P/c1-5-6-7-8-9-10-11-19-12-14-20(15-13-19)18-21(16-17-28-30(26)27)24-22(25)29-23(2,3)4/h12-17,21H,5-11,18H2,1-4H3,(H-,24,25,26,27)/p+1/b17-16+. The van der Waals surface area contributed by atoms with Gasteiger partial charge in [-0.15, -0.1) is 4.89 Å². The molecule has 2 atom stereocenters. The molecule has 0 aliphatic rings. The minimum absolute atomic E-state index is 0.431. The van der Waals surface area contributed by atoms with Crippen molar-refractivity contribution < 1.29 is 23.5 Å². The van der Waals surface area contributed by atoms with Gasteiger partial charge in [0, 0.05) is 4.57 Å². The third-order valence-electron chi connectivity index (χ3n) is 4.46. The molecule has 0 radical (unpaired) electrons. The van der Waals surface area contributed by atoms with Crippen molar-refractivity contribution in [1.29, 1.82) is 0 Å². The van der Waals surface area contributed by atoms with Gasteiger partial charge in [0.05, 0.1) is 6.04 Å². The van der Waals surface area contributed by atoms with E-state index in [4.69, 9.17) is 9.63 Å². The van der Waals surface area contributed by atoms with Gasteiger partial charge in [-0.05, 0) is 57.2 Å². The van der Waals surface area contributed by atoms with Crippen molar-refractivity contribution in [3.05, 3.63) is 47.7 Å². The molecule has 168 valence electrons. The van der Waals surface area contributed by atoms with Gasteiger partial charge in [-0.25, -0.2) is 9.32 Å². The molecular formula is C23H37NO5P+. The molecule has 0 aromatic heterocycles. The van der Waals surface area contributed by atoms with Crippen LogP contribution in [0.2, 0.25) is 0 Å². The van der Waals surface area contributed by atoms with E-state index in [2.05, 4.69) is 41.0 Å². The number of aryl methyl sites for hydroxylation is 1. The summed E-state index contributed by atoms with van der Waals surface area (Å²) in [5.41, 5.74) is 1.74. The largest absolute Gasteiger partial charge is 0.746 e. The van der Waals surface area contributed by atoms with Crippen molar-refractivity contribution in [2.24, 2.45) is 0 Å². The lowest BCUT2D eigenvalue weighted by molar-refractivity contribution is 0.0514. The Morgan fingerprint density at radius 1 is 1.10 bits per heavy atom. The fourth-order valence-electron chi connectivity index (χ4n) is 3.01. The molecule has 7 heteroatoms. The number of ether oxygens (including phenoxy) is 1. The highest BCUT2D eigenvalue weighted by Gasteiger charge is 2.19. The monoisotopic (exact) mass is 438 g/mol. The Morgan fingerprint density at radius 3 is 2.30 bits per heavy atom. The molecule has 2 unspecified atom stereocenters. The van der Waals surface area contributed by atoms with Gasteiger partial charge < -0.3 is 10.1 Å². The highest BCUT2D eigenvalue weighted by Crippen LogP contribution is 2.16. The van der Waals surface area contributed by atoms with Gasteiger partial charge in [0.25, 0.3) is 0 Å². The van der Waals surface area contributed by atoms with Gasteiger partial charge in [-0.1, -0.05) is 63.3 Å². The summed E-state index contributed by atoms with van der Waals surface area (Å²) in [5, 5.41) is 2.76.